The van der Waals surface area contributed by atoms with E-state index in [0.29, 0.717) is 6.54 Å². The molecule has 1 N–H and O–H groups in total. The van der Waals surface area contributed by atoms with E-state index in [2.05, 4.69) is 0 Å². The monoisotopic (exact) mass is 211 g/mol. The lowest BCUT2D eigenvalue weighted by Gasteiger charge is -2.22. The van der Waals surface area contributed by atoms with E-state index in [4.69, 9.17) is 5.11 Å². The Kier molecular flexibility index (Phi) is 4.19. The summed E-state index contributed by atoms with van der Waals surface area (Å²) in [6.45, 7) is 1.33. The van der Waals surface area contributed by atoms with Crippen LogP contribution in [0, 0.1) is 0 Å². The minimum Gasteiger partial charge on any atom is -0.395 e. The zero-order chi connectivity index (χ0) is 10.6. The van der Waals surface area contributed by atoms with Gasteiger partial charge in [-0.15, -0.1) is 0 Å². The number of rotatable bonds is 4. The number of aliphatic hydroxyl groups is 1. The summed E-state index contributed by atoms with van der Waals surface area (Å²) in [6, 6.07) is 0.0863. The van der Waals surface area contributed by atoms with Crippen LogP contribution in [0.3, 0.4) is 0 Å². The highest BCUT2D eigenvalue weighted by Gasteiger charge is 2.28. The molecule has 0 aromatic heterocycles. The maximum Gasteiger partial charge on any atom is 0.389 e. The number of likely N-dealkylation sites (tertiary alicyclic amines) is 1. The molecule has 1 fully saturated rings. The van der Waals surface area contributed by atoms with E-state index in [1.165, 1.54) is 0 Å². The predicted octanol–water partition coefficient (Wildman–Crippen LogP) is 1.79. The Morgan fingerprint density at radius 1 is 1.36 bits per heavy atom. The van der Waals surface area contributed by atoms with Gasteiger partial charge in [-0.1, -0.05) is 0 Å². The first-order chi connectivity index (χ1) is 6.53. The summed E-state index contributed by atoms with van der Waals surface area (Å²) in [5, 5.41) is 8.93. The van der Waals surface area contributed by atoms with Gasteiger partial charge in [0.05, 0.1) is 6.61 Å². The van der Waals surface area contributed by atoms with Gasteiger partial charge in [0.15, 0.2) is 0 Å². The molecule has 5 heteroatoms. The fourth-order valence-electron chi connectivity index (χ4n) is 1.88. The number of halogens is 3. The van der Waals surface area contributed by atoms with Gasteiger partial charge in [-0.25, -0.2) is 0 Å². The summed E-state index contributed by atoms with van der Waals surface area (Å²) in [5.74, 6) is 0. The molecule has 0 saturated carbocycles. The molecule has 1 heterocycles. The molecule has 0 aliphatic carbocycles. The third-order valence-electron chi connectivity index (χ3n) is 2.62. The van der Waals surface area contributed by atoms with Crippen molar-refractivity contribution in [2.45, 2.75) is 37.9 Å². The topological polar surface area (TPSA) is 23.5 Å². The average molecular weight is 211 g/mol. The Morgan fingerprint density at radius 2 is 2.07 bits per heavy atom. The molecule has 1 aliphatic heterocycles. The number of alkyl halides is 3. The van der Waals surface area contributed by atoms with E-state index in [1.807, 2.05) is 4.90 Å². The average Bonchev–Trinajstić information content (AvgIpc) is 2.49. The summed E-state index contributed by atoms with van der Waals surface area (Å²) in [4.78, 5) is 1.95. The zero-order valence-electron chi connectivity index (χ0n) is 8.06. The van der Waals surface area contributed by atoms with Crippen LogP contribution >= 0.6 is 0 Å². The van der Waals surface area contributed by atoms with Gasteiger partial charge in [-0.3, -0.25) is 4.90 Å². The second kappa shape index (κ2) is 4.98. The van der Waals surface area contributed by atoms with Crippen LogP contribution in [-0.2, 0) is 0 Å². The number of aliphatic hydroxyl groups excluding tert-OH is 1. The number of nitrogens with zero attached hydrogens (tertiary/aromatic N) is 1. The first kappa shape index (κ1) is 11.8. The van der Waals surface area contributed by atoms with Crippen LogP contribution in [0.4, 0.5) is 13.2 Å². The van der Waals surface area contributed by atoms with Crippen LogP contribution in [0.1, 0.15) is 25.7 Å². The summed E-state index contributed by atoms with van der Waals surface area (Å²) in [7, 11) is 0. The summed E-state index contributed by atoms with van der Waals surface area (Å²) in [5.41, 5.74) is 0. The van der Waals surface area contributed by atoms with E-state index in [-0.39, 0.29) is 19.1 Å². The number of hydrogen-bond acceptors (Lipinski definition) is 2. The van der Waals surface area contributed by atoms with Gasteiger partial charge in [0.1, 0.15) is 0 Å². The lowest BCUT2D eigenvalue weighted by Crippen LogP contribution is -2.33. The summed E-state index contributed by atoms with van der Waals surface area (Å²) in [6.07, 6.45) is -2.74. The van der Waals surface area contributed by atoms with Crippen LogP contribution in [0.2, 0.25) is 0 Å². The Hall–Kier alpha value is -0.290. The quantitative estimate of drug-likeness (QED) is 0.766. The smallest absolute Gasteiger partial charge is 0.389 e. The maximum atomic E-state index is 11.8. The first-order valence-electron chi connectivity index (χ1n) is 4.94. The van der Waals surface area contributed by atoms with Crippen molar-refractivity contribution < 1.29 is 18.3 Å². The highest BCUT2D eigenvalue weighted by atomic mass is 19.4. The molecular weight excluding hydrogens is 195 g/mol. The minimum absolute atomic E-state index is 0.0615. The Morgan fingerprint density at radius 3 is 2.64 bits per heavy atom. The second-order valence-corrected chi connectivity index (χ2v) is 3.73. The summed E-state index contributed by atoms with van der Waals surface area (Å²) >= 11 is 0. The van der Waals surface area contributed by atoms with E-state index in [0.717, 1.165) is 19.4 Å². The predicted molar refractivity (Wildman–Crippen MR) is 47.0 cm³/mol. The third kappa shape index (κ3) is 3.84. The zero-order valence-corrected chi connectivity index (χ0v) is 8.06. The van der Waals surface area contributed by atoms with E-state index >= 15 is 0 Å². The molecule has 0 aromatic carbocycles. The van der Waals surface area contributed by atoms with Gasteiger partial charge in [0, 0.05) is 12.5 Å². The van der Waals surface area contributed by atoms with Crippen molar-refractivity contribution >= 4 is 0 Å². The molecule has 1 rings (SSSR count). The van der Waals surface area contributed by atoms with Crippen molar-refractivity contribution in [1.29, 1.82) is 0 Å². The molecule has 0 unspecified atom stereocenters. The van der Waals surface area contributed by atoms with Gasteiger partial charge in [0.25, 0.3) is 0 Å². The van der Waals surface area contributed by atoms with Crippen molar-refractivity contribution in [3.05, 3.63) is 0 Å². The Labute approximate surface area is 81.7 Å². The molecule has 0 bridgehead atoms. The third-order valence-corrected chi connectivity index (χ3v) is 2.62. The van der Waals surface area contributed by atoms with Crippen molar-refractivity contribution in [3.8, 4) is 0 Å². The summed E-state index contributed by atoms with van der Waals surface area (Å²) < 4.78 is 35.5. The van der Waals surface area contributed by atoms with Gasteiger partial charge < -0.3 is 5.11 Å². The molecule has 0 aromatic rings. The SMILES string of the molecule is OC[C@@H]1CCCN1CCCC(F)(F)F. The van der Waals surface area contributed by atoms with Gasteiger partial charge in [-0.05, 0) is 32.4 Å². The standard InChI is InChI=1S/C9H16F3NO/c10-9(11,12)4-2-6-13-5-1-3-8(13)7-14/h8,14H,1-7H2/t8-/m0/s1. The molecule has 0 amide bonds. The normalized spacial score (nSPS) is 24.4. The van der Waals surface area contributed by atoms with E-state index < -0.39 is 12.6 Å². The fourth-order valence-corrected chi connectivity index (χ4v) is 1.88. The first-order valence-corrected chi connectivity index (χ1v) is 4.94. The minimum atomic E-state index is -4.05. The molecule has 84 valence electrons. The maximum absolute atomic E-state index is 11.8. The number of hydrogen-bond donors (Lipinski definition) is 1. The highest BCUT2D eigenvalue weighted by Crippen LogP contribution is 2.23. The molecule has 1 saturated heterocycles. The van der Waals surface area contributed by atoms with Crippen molar-refractivity contribution in [2.24, 2.45) is 0 Å². The largest absolute Gasteiger partial charge is 0.395 e. The molecule has 0 spiro atoms. The molecule has 1 aliphatic rings. The van der Waals surface area contributed by atoms with Crippen LogP contribution in [0.15, 0.2) is 0 Å². The second-order valence-electron chi connectivity index (χ2n) is 3.73. The van der Waals surface area contributed by atoms with Gasteiger partial charge in [-0.2, -0.15) is 13.2 Å². The molecule has 0 radical (unpaired) electrons. The van der Waals surface area contributed by atoms with E-state index in [1.54, 1.807) is 0 Å². The van der Waals surface area contributed by atoms with Gasteiger partial charge in [0.2, 0.25) is 0 Å². The lowest BCUT2D eigenvalue weighted by molar-refractivity contribution is -0.136. The Balaban J connectivity index is 2.18. The van der Waals surface area contributed by atoms with E-state index in [9.17, 15) is 13.2 Å². The van der Waals surface area contributed by atoms with Crippen LogP contribution in [0.25, 0.3) is 0 Å². The van der Waals surface area contributed by atoms with Crippen LogP contribution in [0.5, 0.6) is 0 Å². The van der Waals surface area contributed by atoms with Crippen molar-refractivity contribution in [2.75, 3.05) is 19.7 Å². The molecule has 2 nitrogen and oxygen atoms in total. The van der Waals surface area contributed by atoms with Crippen molar-refractivity contribution in [3.63, 3.8) is 0 Å². The lowest BCUT2D eigenvalue weighted by atomic mass is 10.2. The molecule has 1 atom stereocenters. The fraction of sp³-hybridized carbons (Fsp3) is 1.00. The Bertz CT molecular complexity index is 172. The highest BCUT2D eigenvalue weighted by molar-refractivity contribution is 4.78. The van der Waals surface area contributed by atoms with Gasteiger partial charge >= 0.3 is 6.18 Å². The molecule has 14 heavy (non-hydrogen) atoms. The molecular formula is C9H16F3NO. The van der Waals surface area contributed by atoms with Crippen LogP contribution in [-0.4, -0.2) is 41.9 Å². The van der Waals surface area contributed by atoms with Crippen LogP contribution < -0.4 is 0 Å². The van der Waals surface area contributed by atoms with Crippen molar-refractivity contribution in [1.82, 2.24) is 4.90 Å².